The molecule has 0 unspecified atom stereocenters. The molecule has 9 heteroatoms. The Morgan fingerprint density at radius 1 is 1.15 bits per heavy atom. The molecule has 3 N–H and O–H groups in total. The van der Waals surface area contributed by atoms with E-state index in [0.29, 0.717) is 33.7 Å². The van der Waals surface area contributed by atoms with Crippen LogP contribution in [0.3, 0.4) is 0 Å². The molecular formula is C24H20BrN3O4S. The summed E-state index contributed by atoms with van der Waals surface area (Å²) in [5.41, 5.74) is 4.48. The summed E-state index contributed by atoms with van der Waals surface area (Å²) in [4.78, 5) is 17.3. The van der Waals surface area contributed by atoms with E-state index in [2.05, 4.69) is 31.5 Å². The Bertz CT molecular complexity index is 1400. The number of hydrogen-bond acceptors (Lipinski definition) is 6. The van der Waals surface area contributed by atoms with E-state index in [9.17, 15) is 9.90 Å². The Hall–Kier alpha value is -3.43. The molecule has 0 aliphatic carbocycles. The summed E-state index contributed by atoms with van der Waals surface area (Å²) >= 11 is 8.72. The van der Waals surface area contributed by atoms with Crippen LogP contribution in [0.5, 0.6) is 11.5 Å². The minimum atomic E-state index is -0.415. The number of aromatic nitrogens is 1. The van der Waals surface area contributed by atoms with Gasteiger partial charge in [0.2, 0.25) is 5.89 Å². The highest BCUT2D eigenvalue weighted by Gasteiger charge is 2.18. The third-order valence-corrected chi connectivity index (χ3v) is 5.61. The second-order valence-corrected chi connectivity index (χ2v) is 8.76. The average Bonchev–Trinajstić information content (AvgIpc) is 3.17. The summed E-state index contributed by atoms with van der Waals surface area (Å²) < 4.78 is 11.9. The molecule has 1 aromatic heterocycles. The highest BCUT2D eigenvalue weighted by atomic mass is 79.9. The number of carbonyl (C=O) groups is 1. The summed E-state index contributed by atoms with van der Waals surface area (Å²) in [6.45, 7) is 3.82. The highest BCUT2D eigenvalue weighted by molar-refractivity contribution is 9.10. The van der Waals surface area contributed by atoms with Gasteiger partial charge in [-0.3, -0.25) is 10.1 Å². The number of nitrogens with zero attached hydrogens (tertiary/aromatic N) is 1. The molecule has 0 radical (unpaired) electrons. The minimum Gasteiger partial charge on any atom is -0.507 e. The van der Waals surface area contributed by atoms with Crippen LogP contribution in [0.1, 0.15) is 21.5 Å². The molecule has 7 nitrogen and oxygen atoms in total. The van der Waals surface area contributed by atoms with Crippen molar-refractivity contribution in [2.75, 3.05) is 12.4 Å². The number of methoxy groups -OCH3 is 1. The van der Waals surface area contributed by atoms with Gasteiger partial charge in [-0.2, -0.15) is 0 Å². The van der Waals surface area contributed by atoms with Crippen molar-refractivity contribution in [3.8, 4) is 23.0 Å². The molecule has 0 fully saturated rings. The van der Waals surface area contributed by atoms with Gasteiger partial charge in [-0.1, -0.05) is 22.0 Å². The second kappa shape index (κ2) is 9.21. The molecule has 0 saturated carbocycles. The molecule has 168 valence electrons. The first kappa shape index (κ1) is 22.8. The molecule has 0 spiro atoms. The molecule has 1 amide bonds. The lowest BCUT2D eigenvalue weighted by Crippen LogP contribution is -2.34. The molecular weight excluding hydrogens is 506 g/mol. The Morgan fingerprint density at radius 2 is 1.94 bits per heavy atom. The number of amides is 1. The van der Waals surface area contributed by atoms with Crippen molar-refractivity contribution >= 4 is 56.0 Å². The van der Waals surface area contributed by atoms with E-state index < -0.39 is 5.91 Å². The van der Waals surface area contributed by atoms with Crippen molar-refractivity contribution in [2.45, 2.75) is 13.8 Å². The first-order valence-electron chi connectivity index (χ1n) is 9.92. The first-order chi connectivity index (χ1) is 15.7. The summed E-state index contributed by atoms with van der Waals surface area (Å²) in [5, 5.41) is 16.1. The number of nitrogens with one attached hydrogen (secondary N) is 2. The monoisotopic (exact) mass is 525 g/mol. The number of benzene rings is 3. The smallest absolute Gasteiger partial charge is 0.261 e. The van der Waals surface area contributed by atoms with Crippen LogP contribution in [0.4, 0.5) is 5.69 Å². The standard InChI is InChI=1S/C24H20BrN3O4S/c1-12-4-7-20-18(8-12)27-23(32-20)16-11-15(5-6-19(16)29)26-24(33)28-22(30)17-10-14(25)9-13(2)21(17)31-3/h4-11,29H,1-3H3,(H2,26,28,30,33). The number of phenolic OH excluding ortho intramolecular Hbond substituents is 1. The molecule has 0 bridgehead atoms. The van der Waals surface area contributed by atoms with Crippen molar-refractivity contribution in [1.29, 1.82) is 0 Å². The molecule has 4 aromatic rings. The Morgan fingerprint density at radius 3 is 2.70 bits per heavy atom. The van der Waals surface area contributed by atoms with Crippen molar-refractivity contribution in [1.82, 2.24) is 10.3 Å². The quantitative estimate of drug-likeness (QED) is 0.231. The van der Waals surface area contributed by atoms with Gasteiger partial charge in [0.25, 0.3) is 5.91 Å². The van der Waals surface area contributed by atoms with Crippen molar-refractivity contribution in [3.05, 3.63) is 69.7 Å². The van der Waals surface area contributed by atoms with Gasteiger partial charge < -0.3 is 19.6 Å². The number of thiocarbonyl (C=S) groups is 1. The van der Waals surface area contributed by atoms with Gasteiger partial charge in [-0.05, 0) is 79.7 Å². The number of rotatable bonds is 4. The fraction of sp³-hybridized carbons (Fsp3) is 0.125. The van der Waals surface area contributed by atoms with Gasteiger partial charge in [-0.15, -0.1) is 0 Å². The van der Waals surface area contributed by atoms with Crippen LogP contribution in [-0.2, 0) is 0 Å². The zero-order chi connectivity index (χ0) is 23.7. The van der Waals surface area contributed by atoms with Gasteiger partial charge >= 0.3 is 0 Å². The summed E-state index contributed by atoms with van der Waals surface area (Å²) in [7, 11) is 1.51. The molecule has 0 aliphatic rings. The first-order valence-corrected chi connectivity index (χ1v) is 11.1. The Balaban J connectivity index is 1.55. The molecule has 33 heavy (non-hydrogen) atoms. The average molecular weight is 526 g/mol. The number of halogens is 1. The second-order valence-electron chi connectivity index (χ2n) is 7.43. The van der Waals surface area contributed by atoms with Crippen molar-refractivity contribution < 1.29 is 19.1 Å². The predicted molar refractivity (Wildman–Crippen MR) is 135 cm³/mol. The maximum absolute atomic E-state index is 12.8. The number of hydrogen-bond donors (Lipinski definition) is 3. The van der Waals surface area contributed by atoms with E-state index in [-0.39, 0.29) is 16.8 Å². The van der Waals surface area contributed by atoms with Crippen LogP contribution in [0.25, 0.3) is 22.6 Å². The third-order valence-electron chi connectivity index (χ3n) is 4.94. The zero-order valence-electron chi connectivity index (χ0n) is 18.0. The number of fused-ring (bicyclic) bond motifs is 1. The van der Waals surface area contributed by atoms with Crippen LogP contribution >= 0.6 is 28.1 Å². The van der Waals surface area contributed by atoms with Crippen LogP contribution in [0, 0.1) is 13.8 Å². The maximum atomic E-state index is 12.8. The zero-order valence-corrected chi connectivity index (χ0v) is 20.4. The predicted octanol–water partition coefficient (Wildman–Crippen LogP) is 5.72. The van der Waals surface area contributed by atoms with Gasteiger partial charge in [0.1, 0.15) is 17.0 Å². The number of carbonyl (C=O) groups excluding carboxylic acids is 1. The maximum Gasteiger partial charge on any atom is 0.261 e. The van der Waals surface area contributed by atoms with Gasteiger partial charge in [0.15, 0.2) is 10.7 Å². The lowest BCUT2D eigenvalue weighted by molar-refractivity contribution is 0.0974. The molecule has 0 aliphatic heterocycles. The van der Waals surface area contributed by atoms with Crippen LogP contribution in [0.2, 0.25) is 0 Å². The summed E-state index contributed by atoms with van der Waals surface area (Å²) in [6, 6.07) is 14.0. The molecule has 0 atom stereocenters. The van der Waals surface area contributed by atoms with E-state index in [1.54, 1.807) is 18.2 Å². The number of aryl methyl sites for hydroxylation is 2. The fourth-order valence-electron chi connectivity index (χ4n) is 3.44. The highest BCUT2D eigenvalue weighted by Crippen LogP contribution is 2.33. The fourth-order valence-corrected chi connectivity index (χ4v) is 4.22. The van der Waals surface area contributed by atoms with Crippen LogP contribution in [-0.4, -0.2) is 28.2 Å². The molecule has 1 heterocycles. The molecule has 4 rings (SSSR count). The number of anilines is 1. The Kier molecular flexibility index (Phi) is 6.35. The number of phenols is 1. The summed E-state index contributed by atoms with van der Waals surface area (Å²) in [5.74, 6) is 0.341. The molecule has 3 aromatic carbocycles. The molecule has 0 saturated heterocycles. The van der Waals surface area contributed by atoms with Crippen LogP contribution in [0.15, 0.2) is 57.4 Å². The number of oxazole rings is 1. The van der Waals surface area contributed by atoms with E-state index in [4.69, 9.17) is 21.4 Å². The largest absolute Gasteiger partial charge is 0.507 e. The van der Waals surface area contributed by atoms with E-state index in [1.165, 1.54) is 13.2 Å². The van der Waals surface area contributed by atoms with Crippen LogP contribution < -0.4 is 15.4 Å². The van der Waals surface area contributed by atoms with E-state index in [1.807, 2.05) is 38.1 Å². The summed E-state index contributed by atoms with van der Waals surface area (Å²) in [6.07, 6.45) is 0. The number of ether oxygens (including phenoxy) is 1. The van der Waals surface area contributed by atoms with Gasteiger partial charge in [0, 0.05) is 10.2 Å². The van der Waals surface area contributed by atoms with Gasteiger partial charge in [-0.25, -0.2) is 4.98 Å². The lowest BCUT2D eigenvalue weighted by atomic mass is 10.1. The van der Waals surface area contributed by atoms with Gasteiger partial charge in [0.05, 0.1) is 18.2 Å². The SMILES string of the molecule is COc1c(C)cc(Br)cc1C(=O)NC(=S)Nc1ccc(O)c(-c2nc3cc(C)ccc3o2)c1. The van der Waals surface area contributed by atoms with E-state index in [0.717, 1.165) is 15.6 Å². The lowest BCUT2D eigenvalue weighted by Gasteiger charge is -2.14. The Labute approximate surface area is 203 Å². The minimum absolute atomic E-state index is 0.00753. The third kappa shape index (κ3) is 4.84. The van der Waals surface area contributed by atoms with E-state index >= 15 is 0 Å². The van der Waals surface area contributed by atoms with Crippen molar-refractivity contribution in [2.24, 2.45) is 0 Å². The normalized spacial score (nSPS) is 10.8. The topological polar surface area (TPSA) is 96.6 Å². The number of aromatic hydroxyl groups is 1. The van der Waals surface area contributed by atoms with Crippen molar-refractivity contribution in [3.63, 3.8) is 0 Å².